The maximum absolute atomic E-state index is 11.1. The van der Waals surface area contributed by atoms with Crippen LogP contribution in [0.2, 0.25) is 0 Å². The van der Waals surface area contributed by atoms with E-state index >= 15 is 0 Å². The smallest absolute Gasteiger partial charge is 0.335 e. The van der Waals surface area contributed by atoms with Crippen LogP contribution in [-0.2, 0) is 14.3 Å². The van der Waals surface area contributed by atoms with Gasteiger partial charge in [0.1, 0.15) is 0 Å². The molecule has 1 atom stereocenters. The number of aliphatic hydroxyl groups excluding tert-OH is 1. The van der Waals surface area contributed by atoms with Crippen molar-refractivity contribution in [1.29, 1.82) is 0 Å². The van der Waals surface area contributed by atoms with E-state index in [4.69, 9.17) is 14.6 Å². The van der Waals surface area contributed by atoms with Crippen LogP contribution in [-0.4, -0.2) is 30.6 Å². The summed E-state index contributed by atoms with van der Waals surface area (Å²) in [6.45, 7) is 8.89. The lowest BCUT2D eigenvalue weighted by Crippen LogP contribution is -2.23. The van der Waals surface area contributed by atoms with Crippen LogP contribution in [0.5, 0.6) is 0 Å². The van der Waals surface area contributed by atoms with Crippen molar-refractivity contribution in [3.8, 4) is 0 Å². The molecule has 1 unspecified atom stereocenters. The molecule has 0 heterocycles. The normalized spacial score (nSPS) is 12.2. The number of carbonyl (C=O) groups is 1. The molecule has 0 bridgehead atoms. The molecule has 0 amide bonds. The Balaban J connectivity index is 3.94. The van der Waals surface area contributed by atoms with Crippen molar-refractivity contribution in [3.63, 3.8) is 0 Å². The molecule has 1 radical (unpaired) electrons. The molecule has 0 rings (SSSR count). The monoisotopic (exact) mass is 201 g/mol. The third-order valence-electron chi connectivity index (χ3n) is 1.40. The predicted octanol–water partition coefficient (Wildman–Crippen LogP) is 1.05. The Morgan fingerprint density at radius 3 is 2.64 bits per heavy atom. The fraction of sp³-hybridized carbons (Fsp3) is 0.600. The van der Waals surface area contributed by atoms with Gasteiger partial charge in [0.2, 0.25) is 6.29 Å². The van der Waals surface area contributed by atoms with Gasteiger partial charge in [0.15, 0.2) is 0 Å². The third-order valence-corrected chi connectivity index (χ3v) is 1.40. The highest BCUT2D eigenvalue weighted by Crippen LogP contribution is 2.04. The Labute approximate surface area is 84.5 Å². The summed E-state index contributed by atoms with van der Waals surface area (Å²) >= 11 is 0. The van der Waals surface area contributed by atoms with Crippen molar-refractivity contribution in [1.82, 2.24) is 0 Å². The fourth-order valence-electron chi connectivity index (χ4n) is 0.716. The van der Waals surface area contributed by atoms with Gasteiger partial charge in [-0.1, -0.05) is 13.5 Å². The van der Waals surface area contributed by atoms with Gasteiger partial charge in [0.05, 0.1) is 6.61 Å². The Bertz CT molecular complexity index is 189. The van der Waals surface area contributed by atoms with Crippen molar-refractivity contribution in [3.05, 3.63) is 19.1 Å². The lowest BCUT2D eigenvalue weighted by atomic mass is 10.3. The van der Waals surface area contributed by atoms with Crippen LogP contribution >= 0.6 is 0 Å². The molecule has 4 heteroatoms. The Kier molecular flexibility index (Phi) is 7.06. The van der Waals surface area contributed by atoms with E-state index < -0.39 is 12.3 Å². The zero-order valence-corrected chi connectivity index (χ0v) is 8.49. The topological polar surface area (TPSA) is 55.8 Å². The number of hydrogen-bond acceptors (Lipinski definition) is 4. The van der Waals surface area contributed by atoms with Gasteiger partial charge in [-0.25, -0.2) is 4.79 Å². The summed E-state index contributed by atoms with van der Waals surface area (Å²) in [5.74, 6) is -0.507. The van der Waals surface area contributed by atoms with Crippen molar-refractivity contribution in [2.75, 3.05) is 13.2 Å². The molecule has 1 N–H and O–H groups in total. The molecule has 0 spiro atoms. The van der Waals surface area contributed by atoms with Crippen molar-refractivity contribution >= 4 is 5.97 Å². The summed E-state index contributed by atoms with van der Waals surface area (Å²) in [5, 5.41) is 8.68. The number of carbonyl (C=O) groups excluding carboxylic acids is 1. The number of ether oxygens (including phenoxy) is 2. The van der Waals surface area contributed by atoms with Gasteiger partial charge in [-0.15, -0.1) is 0 Å². The average molecular weight is 201 g/mol. The molecule has 81 valence electrons. The van der Waals surface area contributed by atoms with E-state index in [0.717, 1.165) is 0 Å². The van der Waals surface area contributed by atoms with E-state index in [1.165, 1.54) is 0 Å². The number of aliphatic hydroxyl groups is 1. The van der Waals surface area contributed by atoms with Crippen LogP contribution in [0.1, 0.15) is 19.8 Å². The van der Waals surface area contributed by atoms with Crippen LogP contribution < -0.4 is 0 Å². The Hall–Kier alpha value is -0.870. The Morgan fingerprint density at radius 2 is 2.21 bits per heavy atom. The number of rotatable bonds is 7. The summed E-state index contributed by atoms with van der Waals surface area (Å²) in [7, 11) is 0. The highest BCUT2D eigenvalue weighted by Gasteiger charge is 2.14. The fourth-order valence-corrected chi connectivity index (χ4v) is 0.716. The van der Waals surface area contributed by atoms with Gasteiger partial charge in [-0.05, 0) is 13.3 Å². The number of esters is 1. The average Bonchev–Trinajstić information content (AvgIpc) is 2.14. The van der Waals surface area contributed by atoms with E-state index in [-0.39, 0.29) is 13.0 Å². The first-order valence-corrected chi connectivity index (χ1v) is 4.50. The summed E-state index contributed by atoms with van der Waals surface area (Å²) < 4.78 is 10.1. The molecule has 0 aromatic rings. The molecule has 0 saturated heterocycles. The molecule has 0 saturated carbocycles. The third kappa shape index (κ3) is 5.72. The van der Waals surface area contributed by atoms with Gasteiger partial charge in [0, 0.05) is 18.6 Å². The maximum Gasteiger partial charge on any atom is 0.335 e. The van der Waals surface area contributed by atoms with Gasteiger partial charge in [-0.2, -0.15) is 0 Å². The second-order valence-corrected chi connectivity index (χ2v) is 2.85. The quantitative estimate of drug-likeness (QED) is 0.380. The van der Waals surface area contributed by atoms with Crippen LogP contribution in [0.4, 0.5) is 0 Å². The van der Waals surface area contributed by atoms with E-state index in [1.807, 2.05) is 0 Å². The van der Waals surface area contributed by atoms with Crippen molar-refractivity contribution in [2.24, 2.45) is 0 Å². The molecule has 0 fully saturated rings. The zero-order valence-electron chi connectivity index (χ0n) is 8.49. The zero-order chi connectivity index (χ0) is 11.0. The Morgan fingerprint density at radius 1 is 1.57 bits per heavy atom. The van der Waals surface area contributed by atoms with Gasteiger partial charge < -0.3 is 14.6 Å². The lowest BCUT2D eigenvalue weighted by molar-refractivity contribution is -0.176. The minimum absolute atomic E-state index is 0.0920. The highest BCUT2D eigenvalue weighted by molar-refractivity contribution is 5.86. The minimum atomic E-state index is -0.703. The van der Waals surface area contributed by atoms with Gasteiger partial charge in [0.25, 0.3) is 0 Å². The molecule has 0 aliphatic carbocycles. The van der Waals surface area contributed by atoms with Gasteiger partial charge in [-0.3, -0.25) is 0 Å². The molecule has 0 aromatic heterocycles. The SMILES string of the molecule is [CH2]CCOC(CCO)OC(=O)C(=C)C. The van der Waals surface area contributed by atoms with Crippen molar-refractivity contribution < 1.29 is 19.4 Å². The predicted molar refractivity (Wildman–Crippen MR) is 52.3 cm³/mol. The molecule has 14 heavy (non-hydrogen) atoms. The molecule has 0 aliphatic heterocycles. The van der Waals surface area contributed by atoms with E-state index in [2.05, 4.69) is 13.5 Å². The van der Waals surface area contributed by atoms with Crippen molar-refractivity contribution in [2.45, 2.75) is 26.1 Å². The first-order valence-electron chi connectivity index (χ1n) is 4.50. The van der Waals surface area contributed by atoms with E-state index in [0.29, 0.717) is 18.6 Å². The molecule has 0 aliphatic rings. The second kappa shape index (κ2) is 7.53. The van der Waals surface area contributed by atoms with E-state index in [9.17, 15) is 4.79 Å². The summed E-state index contributed by atoms with van der Waals surface area (Å²) in [6, 6.07) is 0. The van der Waals surface area contributed by atoms with Crippen LogP contribution in [0.25, 0.3) is 0 Å². The van der Waals surface area contributed by atoms with Crippen LogP contribution in [0.3, 0.4) is 0 Å². The summed E-state index contributed by atoms with van der Waals surface area (Å²) in [6.07, 6.45) is 0.150. The molecule has 4 nitrogen and oxygen atoms in total. The largest absolute Gasteiger partial charge is 0.432 e. The summed E-state index contributed by atoms with van der Waals surface area (Å²) in [4.78, 5) is 11.1. The van der Waals surface area contributed by atoms with Crippen LogP contribution in [0.15, 0.2) is 12.2 Å². The first kappa shape index (κ1) is 13.1. The standard InChI is InChI=1S/C10H17O4/c1-4-7-13-9(5-6-11)14-10(12)8(2)3/h9,11H,1-2,4-7H2,3H3. The maximum atomic E-state index is 11.1. The summed E-state index contributed by atoms with van der Waals surface area (Å²) in [5.41, 5.74) is 0.311. The minimum Gasteiger partial charge on any atom is -0.432 e. The van der Waals surface area contributed by atoms with Crippen LogP contribution in [0, 0.1) is 6.92 Å². The van der Waals surface area contributed by atoms with E-state index in [1.54, 1.807) is 6.92 Å². The molecular formula is C10H17O4. The second-order valence-electron chi connectivity index (χ2n) is 2.85. The van der Waals surface area contributed by atoms with Gasteiger partial charge >= 0.3 is 5.97 Å². The molecular weight excluding hydrogens is 184 g/mol. The number of hydrogen-bond donors (Lipinski definition) is 1. The highest BCUT2D eigenvalue weighted by atomic mass is 16.7. The lowest BCUT2D eigenvalue weighted by Gasteiger charge is -2.16. The molecule has 0 aromatic carbocycles. The first-order chi connectivity index (χ1) is 6.61.